The summed E-state index contributed by atoms with van der Waals surface area (Å²) in [6.07, 6.45) is -0.594. The second kappa shape index (κ2) is 46.7. The molecule has 0 saturated heterocycles. The van der Waals surface area contributed by atoms with E-state index < -0.39 is 23.4 Å². The Labute approximate surface area is 398 Å². The zero-order valence-corrected chi connectivity index (χ0v) is 41.5. The van der Waals surface area contributed by atoms with Crippen LogP contribution in [0.1, 0.15) is 54.4 Å². The third kappa shape index (κ3) is 55.4. The Kier molecular flexibility index (Phi) is 44.6. The Bertz CT molecular complexity index is 1080. The molecule has 5 N–H and O–H groups in total. The van der Waals surface area contributed by atoms with Crippen LogP contribution >= 0.6 is 0 Å². The van der Waals surface area contributed by atoms with Gasteiger partial charge in [0.1, 0.15) is 11.2 Å². The molecule has 0 radical (unpaired) electrons. The maximum absolute atomic E-state index is 11.8. The van der Waals surface area contributed by atoms with Crippen molar-refractivity contribution >= 4 is 24.0 Å². The number of nitrogens with one attached hydrogen (secondary N) is 5. The molecule has 0 bridgehead atoms. The van der Waals surface area contributed by atoms with Crippen LogP contribution in [-0.4, -0.2) is 233 Å². The molecule has 396 valence electrons. The summed E-state index contributed by atoms with van der Waals surface area (Å²) >= 11 is 0. The van der Waals surface area contributed by atoms with Gasteiger partial charge in [0.15, 0.2) is 0 Å². The molecule has 0 rings (SSSR count). The third-order valence-corrected chi connectivity index (χ3v) is 7.74. The normalized spacial score (nSPS) is 11.7. The molecule has 0 aliphatic rings. The number of carbonyl (C=O) groups excluding carboxylic acids is 4. The van der Waals surface area contributed by atoms with Crippen LogP contribution < -0.4 is 26.6 Å². The van der Waals surface area contributed by atoms with E-state index in [4.69, 9.17) is 66.3 Å². The highest BCUT2D eigenvalue weighted by atomic mass is 16.6. The summed E-state index contributed by atoms with van der Waals surface area (Å²) in [4.78, 5) is 46.7. The van der Waals surface area contributed by atoms with Crippen LogP contribution in [-0.2, 0) is 75.9 Å². The van der Waals surface area contributed by atoms with Crippen molar-refractivity contribution in [2.75, 3.05) is 198 Å². The Hall–Kier alpha value is -3.04. The van der Waals surface area contributed by atoms with Crippen molar-refractivity contribution in [1.82, 2.24) is 26.6 Å². The van der Waals surface area contributed by atoms with Crippen molar-refractivity contribution < 1.29 is 85.5 Å². The minimum absolute atomic E-state index is 0.160. The molecule has 23 nitrogen and oxygen atoms in total. The Morgan fingerprint density at radius 2 is 0.493 bits per heavy atom. The largest absolute Gasteiger partial charge is 0.444 e. The lowest BCUT2D eigenvalue weighted by atomic mass is 10.2. The van der Waals surface area contributed by atoms with Gasteiger partial charge in [-0.1, -0.05) is 0 Å². The van der Waals surface area contributed by atoms with Crippen LogP contribution in [0.5, 0.6) is 0 Å². The molecule has 0 atom stereocenters. The predicted molar refractivity (Wildman–Crippen MR) is 246 cm³/mol. The molecule has 23 heteroatoms. The first-order chi connectivity index (χ1) is 32.3. The summed E-state index contributed by atoms with van der Waals surface area (Å²) in [6, 6.07) is 0. The zero-order chi connectivity index (χ0) is 49.4. The van der Waals surface area contributed by atoms with Crippen molar-refractivity contribution in [1.29, 1.82) is 0 Å². The smallest absolute Gasteiger partial charge is 0.407 e. The van der Waals surface area contributed by atoms with E-state index in [1.807, 2.05) is 0 Å². The number of hydrogen-bond acceptors (Lipinski definition) is 19. The van der Waals surface area contributed by atoms with Crippen molar-refractivity contribution in [3.8, 4) is 0 Å². The number of rotatable bonds is 48. The van der Waals surface area contributed by atoms with Crippen molar-refractivity contribution in [2.45, 2.75) is 65.6 Å². The first kappa shape index (κ1) is 64.0. The average Bonchev–Trinajstić information content (AvgIpc) is 3.26. The van der Waals surface area contributed by atoms with Gasteiger partial charge in [-0.2, -0.15) is 0 Å². The van der Waals surface area contributed by atoms with Gasteiger partial charge in [0, 0.05) is 52.1 Å². The maximum Gasteiger partial charge on any atom is 0.407 e. The highest BCUT2D eigenvalue weighted by Crippen LogP contribution is 2.07. The fourth-order valence-electron chi connectivity index (χ4n) is 4.68. The van der Waals surface area contributed by atoms with Crippen molar-refractivity contribution in [3.05, 3.63) is 0 Å². The fourth-order valence-corrected chi connectivity index (χ4v) is 4.68. The molecule has 0 aliphatic carbocycles. The van der Waals surface area contributed by atoms with Gasteiger partial charge >= 0.3 is 12.2 Å². The summed E-state index contributed by atoms with van der Waals surface area (Å²) < 4.78 is 76.1. The van der Waals surface area contributed by atoms with Gasteiger partial charge in [-0.15, -0.1) is 0 Å². The van der Waals surface area contributed by atoms with Crippen LogP contribution in [0.25, 0.3) is 0 Å². The molecule has 0 aromatic heterocycles. The van der Waals surface area contributed by atoms with Crippen LogP contribution in [0.2, 0.25) is 0 Å². The van der Waals surface area contributed by atoms with E-state index in [1.54, 1.807) is 41.5 Å². The summed E-state index contributed by atoms with van der Waals surface area (Å²) in [5, 5.41) is 13.8. The van der Waals surface area contributed by atoms with Gasteiger partial charge in [0.05, 0.1) is 159 Å². The van der Waals surface area contributed by atoms with Gasteiger partial charge in [0.25, 0.3) is 0 Å². The number of ether oxygens (including phenoxy) is 14. The average molecular weight is 974 g/mol. The number of amides is 4. The Balaban J connectivity index is 3.19. The molecule has 0 fully saturated rings. The summed E-state index contributed by atoms with van der Waals surface area (Å²) in [7, 11) is 0. The van der Waals surface area contributed by atoms with E-state index in [0.717, 1.165) is 13.1 Å². The lowest BCUT2D eigenvalue weighted by molar-refractivity contribution is -0.123. The molecule has 0 aromatic rings. The topological polar surface area (TPSA) is 258 Å². The van der Waals surface area contributed by atoms with Gasteiger partial charge in [-0.25, -0.2) is 9.59 Å². The minimum atomic E-state index is -0.565. The van der Waals surface area contributed by atoms with E-state index >= 15 is 0 Å². The quantitative estimate of drug-likeness (QED) is 0.0530. The van der Waals surface area contributed by atoms with Crippen LogP contribution in [0, 0.1) is 0 Å². The third-order valence-electron chi connectivity index (χ3n) is 7.74. The summed E-state index contributed by atoms with van der Waals surface area (Å²) in [5.41, 5.74) is -1.13. The highest BCUT2D eigenvalue weighted by molar-refractivity contribution is 5.76. The molecule has 67 heavy (non-hydrogen) atoms. The lowest BCUT2D eigenvalue weighted by Gasteiger charge is -2.19. The maximum atomic E-state index is 11.8. The van der Waals surface area contributed by atoms with E-state index in [9.17, 15) is 19.2 Å². The van der Waals surface area contributed by atoms with Crippen LogP contribution in [0.15, 0.2) is 0 Å². The first-order valence-electron chi connectivity index (χ1n) is 23.4. The summed E-state index contributed by atoms with van der Waals surface area (Å²) in [6.45, 7) is 24.1. The molecule has 0 aliphatic heterocycles. The van der Waals surface area contributed by atoms with Crippen LogP contribution in [0.4, 0.5) is 9.59 Å². The number of carbonyl (C=O) groups is 4. The molecule has 0 spiro atoms. The molecule has 4 amide bonds. The van der Waals surface area contributed by atoms with Crippen molar-refractivity contribution in [2.24, 2.45) is 0 Å². The molecule has 0 unspecified atom stereocenters. The van der Waals surface area contributed by atoms with Gasteiger partial charge in [-0.05, 0) is 41.5 Å². The van der Waals surface area contributed by atoms with E-state index in [0.29, 0.717) is 158 Å². The van der Waals surface area contributed by atoms with Crippen molar-refractivity contribution in [3.63, 3.8) is 0 Å². The molecular formula is C44H87N5O18. The molecule has 0 heterocycles. The zero-order valence-electron chi connectivity index (χ0n) is 41.5. The van der Waals surface area contributed by atoms with Gasteiger partial charge in [-0.3, -0.25) is 9.59 Å². The second-order valence-electron chi connectivity index (χ2n) is 16.2. The van der Waals surface area contributed by atoms with Crippen LogP contribution in [0.3, 0.4) is 0 Å². The second-order valence-corrected chi connectivity index (χ2v) is 16.2. The SMILES string of the molecule is CC(C)(C)OC(=O)NCCNC(=O)CCOCCOCCOCCOCCOCCOCCNCCOCCOCCOCCOCCOCCOCCC(=O)NCCNC(=O)OC(C)(C)C. The Morgan fingerprint density at radius 3 is 0.731 bits per heavy atom. The Morgan fingerprint density at radius 1 is 0.284 bits per heavy atom. The lowest BCUT2D eigenvalue weighted by Crippen LogP contribution is -2.38. The van der Waals surface area contributed by atoms with Gasteiger partial charge in [0.2, 0.25) is 11.8 Å². The highest BCUT2D eigenvalue weighted by Gasteiger charge is 2.16. The standard InChI is InChI=1S/C44H87N5O18/c1-43(2,3)66-41(52)48-11-9-46-39(50)7-15-54-19-23-58-27-31-62-35-37-64-33-29-60-25-21-56-17-13-45-14-18-57-22-26-61-30-34-65-38-36-63-32-28-59-24-20-55-16-8-40(51)47-10-12-49-42(53)67-44(4,5)6/h45H,7-38H2,1-6H3,(H,46,50)(H,47,51)(H,48,52)(H,49,53). The van der Waals surface area contributed by atoms with E-state index in [1.165, 1.54) is 0 Å². The monoisotopic (exact) mass is 974 g/mol. The van der Waals surface area contributed by atoms with E-state index in [-0.39, 0.29) is 51.0 Å². The molecular weight excluding hydrogens is 887 g/mol. The van der Waals surface area contributed by atoms with Gasteiger partial charge < -0.3 is 92.9 Å². The molecule has 0 aromatic carbocycles. The first-order valence-corrected chi connectivity index (χ1v) is 23.4. The fraction of sp³-hybridized carbons (Fsp3) is 0.909. The minimum Gasteiger partial charge on any atom is -0.444 e. The number of alkyl carbamates (subject to hydrolysis) is 2. The van der Waals surface area contributed by atoms with E-state index in [2.05, 4.69) is 26.6 Å². The molecule has 0 saturated carbocycles. The predicted octanol–water partition coefficient (Wildman–Crippen LogP) is 0.837. The number of hydrogen-bond donors (Lipinski definition) is 5. The summed E-state index contributed by atoms with van der Waals surface area (Å²) in [5.74, 6) is -0.320.